The van der Waals surface area contributed by atoms with Crippen molar-refractivity contribution in [1.29, 1.82) is 0 Å². The number of ether oxygens (including phenoxy) is 1. The Labute approximate surface area is 295 Å². The third kappa shape index (κ3) is 8.07. The number of fused-ring (bicyclic) bond motifs is 1. The van der Waals surface area contributed by atoms with Gasteiger partial charge in [0.05, 0.1) is 34.9 Å². The van der Waals surface area contributed by atoms with Crippen molar-refractivity contribution in [3.8, 4) is 5.82 Å². The number of carbonyl (C=O) groups is 3. The van der Waals surface area contributed by atoms with Crippen molar-refractivity contribution in [2.45, 2.75) is 56.7 Å². The lowest BCUT2D eigenvalue weighted by atomic mass is 10.1. The highest BCUT2D eigenvalue weighted by molar-refractivity contribution is 7.92. The van der Waals surface area contributed by atoms with Crippen LogP contribution >= 0.6 is 0 Å². The van der Waals surface area contributed by atoms with Crippen molar-refractivity contribution >= 4 is 33.5 Å². The maximum atomic E-state index is 15.1. The molecule has 1 atom stereocenters. The number of carboxylic acids is 1. The second kappa shape index (κ2) is 14.5. The van der Waals surface area contributed by atoms with Gasteiger partial charge in [-0.1, -0.05) is 6.07 Å². The Bertz CT molecular complexity index is 2300. The Kier molecular flexibility index (Phi) is 10.4. The van der Waals surface area contributed by atoms with Gasteiger partial charge in [-0.2, -0.15) is 0 Å². The molecule has 274 valence electrons. The molecule has 0 radical (unpaired) electrons. The van der Waals surface area contributed by atoms with Gasteiger partial charge in [0.2, 0.25) is 0 Å². The van der Waals surface area contributed by atoms with Gasteiger partial charge in [-0.25, -0.2) is 36.3 Å². The van der Waals surface area contributed by atoms with Crippen LogP contribution in [0.15, 0.2) is 69.2 Å². The zero-order valence-corrected chi connectivity index (χ0v) is 29.1. The molecule has 1 aliphatic heterocycles. The first kappa shape index (κ1) is 37.5. The summed E-state index contributed by atoms with van der Waals surface area (Å²) in [5.74, 6) is -6.01. The van der Waals surface area contributed by atoms with Crippen LogP contribution in [-0.2, 0) is 46.1 Å². The Balaban J connectivity index is 1.29. The van der Waals surface area contributed by atoms with Crippen LogP contribution in [0.4, 0.5) is 14.5 Å². The first-order valence-electron chi connectivity index (χ1n) is 15.7. The van der Waals surface area contributed by atoms with Gasteiger partial charge >= 0.3 is 11.7 Å². The predicted molar refractivity (Wildman–Crippen MR) is 182 cm³/mol. The number of nitrogens with zero attached hydrogens (tertiary/aromatic N) is 3. The standard InChI is InChI=1S/C34H34F2N6O9S/c1-34(2,3)39-29(43)19-6-8-20(9-7-19)52(49,50)40-25-15-23(35)21(14-24(25)36)30(44)38-26(32(46)47)13-18-5-10-28(37-16-18)42-31(45)22-17-51-12-11-27(22)41(4)33(42)48/h5-10,14-16,26,40H,11-13,17H2,1-4H3,(H,38,44)(H,39,43)(H,46,47)/t26-/m0/s1. The molecule has 1 aliphatic rings. The number of carboxylic acid groups (broad SMARTS) is 1. The maximum absolute atomic E-state index is 15.1. The van der Waals surface area contributed by atoms with Crippen LogP contribution in [-0.4, -0.2) is 63.6 Å². The molecule has 2 amide bonds. The minimum absolute atomic E-state index is 0.0258. The summed E-state index contributed by atoms with van der Waals surface area (Å²) in [6, 6.07) is 6.61. The number of anilines is 1. The van der Waals surface area contributed by atoms with Gasteiger partial charge < -0.3 is 20.5 Å². The highest BCUT2D eigenvalue weighted by Gasteiger charge is 2.27. The van der Waals surface area contributed by atoms with Gasteiger partial charge in [0.25, 0.3) is 27.4 Å². The molecule has 15 nitrogen and oxygen atoms in total. The average molecular weight is 741 g/mol. The summed E-state index contributed by atoms with van der Waals surface area (Å²) in [4.78, 5) is 67.1. The summed E-state index contributed by atoms with van der Waals surface area (Å²) in [5.41, 5.74) is -2.21. The van der Waals surface area contributed by atoms with Crippen LogP contribution in [0, 0.1) is 11.6 Å². The van der Waals surface area contributed by atoms with Crippen LogP contribution < -0.4 is 26.6 Å². The molecule has 0 saturated carbocycles. The largest absolute Gasteiger partial charge is 0.480 e. The van der Waals surface area contributed by atoms with Crippen molar-refractivity contribution < 1.29 is 41.4 Å². The fourth-order valence-electron chi connectivity index (χ4n) is 5.36. The number of pyridine rings is 1. The Morgan fingerprint density at radius 1 is 1.02 bits per heavy atom. The summed E-state index contributed by atoms with van der Waals surface area (Å²) >= 11 is 0. The van der Waals surface area contributed by atoms with E-state index >= 15 is 8.78 Å². The second-order valence-corrected chi connectivity index (χ2v) is 14.6. The molecule has 3 heterocycles. The van der Waals surface area contributed by atoms with Crippen LogP contribution in [0.3, 0.4) is 0 Å². The quantitative estimate of drug-likeness (QED) is 0.186. The first-order chi connectivity index (χ1) is 24.4. The van der Waals surface area contributed by atoms with Crippen LogP contribution in [0.1, 0.15) is 58.3 Å². The maximum Gasteiger partial charge on any atom is 0.336 e. The number of nitrogens with one attached hydrogen (secondary N) is 3. The van der Waals surface area contributed by atoms with E-state index in [1.54, 1.807) is 20.8 Å². The van der Waals surface area contributed by atoms with Gasteiger partial charge in [-0.05, 0) is 62.7 Å². The van der Waals surface area contributed by atoms with E-state index in [-0.39, 0.29) is 34.9 Å². The molecule has 2 aromatic heterocycles. The van der Waals surface area contributed by atoms with E-state index in [2.05, 4.69) is 15.6 Å². The Morgan fingerprint density at radius 3 is 2.33 bits per heavy atom. The minimum Gasteiger partial charge on any atom is -0.480 e. The number of carbonyl (C=O) groups excluding carboxylic acids is 2. The van der Waals surface area contributed by atoms with Gasteiger partial charge in [-0.3, -0.25) is 23.7 Å². The number of halogens is 2. The number of rotatable bonds is 10. The summed E-state index contributed by atoms with van der Waals surface area (Å²) in [7, 11) is -2.95. The van der Waals surface area contributed by atoms with Gasteiger partial charge in [0, 0.05) is 48.9 Å². The number of hydrogen-bond acceptors (Lipinski definition) is 9. The number of aliphatic carboxylic acids is 1. The highest BCUT2D eigenvalue weighted by Crippen LogP contribution is 2.24. The third-order valence-electron chi connectivity index (χ3n) is 7.96. The van der Waals surface area contributed by atoms with Crippen LogP contribution in [0.5, 0.6) is 0 Å². The number of hydrogen-bond donors (Lipinski definition) is 4. The molecule has 0 aliphatic carbocycles. The van der Waals surface area contributed by atoms with Crippen molar-refractivity contribution in [1.82, 2.24) is 24.8 Å². The van der Waals surface area contributed by atoms with Gasteiger partial charge in [-0.15, -0.1) is 0 Å². The molecule has 0 bridgehead atoms. The van der Waals surface area contributed by atoms with E-state index < -0.39 is 73.5 Å². The zero-order valence-electron chi connectivity index (χ0n) is 28.3. The molecule has 18 heteroatoms. The average Bonchev–Trinajstić information content (AvgIpc) is 3.08. The van der Waals surface area contributed by atoms with Crippen LogP contribution in [0.25, 0.3) is 5.82 Å². The smallest absolute Gasteiger partial charge is 0.336 e. The third-order valence-corrected chi connectivity index (χ3v) is 9.35. The predicted octanol–water partition coefficient (Wildman–Crippen LogP) is 2.04. The molecule has 4 N–H and O–H groups in total. The van der Waals surface area contributed by atoms with Crippen molar-refractivity contribution in [3.63, 3.8) is 0 Å². The Morgan fingerprint density at radius 2 is 1.71 bits per heavy atom. The molecular formula is C34H34F2N6O9S. The molecule has 5 rings (SSSR count). The SMILES string of the molecule is Cn1c2c(c(=O)n(-c3ccc(C[C@H](NC(=O)c4cc(F)c(NS(=O)(=O)c5ccc(C(=O)NC(C)(C)C)cc5)cc4F)C(=O)O)cn3)c1=O)COCC2. The minimum atomic E-state index is -4.48. The monoisotopic (exact) mass is 740 g/mol. The van der Waals surface area contributed by atoms with Crippen molar-refractivity contribution in [2.24, 2.45) is 7.05 Å². The molecule has 4 aromatic rings. The zero-order chi connectivity index (χ0) is 38.1. The molecule has 0 fully saturated rings. The van der Waals surface area contributed by atoms with E-state index in [4.69, 9.17) is 4.74 Å². The number of benzene rings is 2. The van der Waals surface area contributed by atoms with E-state index in [1.807, 2.05) is 4.72 Å². The van der Waals surface area contributed by atoms with E-state index in [1.165, 1.54) is 42.1 Å². The lowest BCUT2D eigenvalue weighted by Gasteiger charge is -2.20. The van der Waals surface area contributed by atoms with E-state index in [0.29, 0.717) is 36.4 Å². The fourth-order valence-corrected chi connectivity index (χ4v) is 6.42. The van der Waals surface area contributed by atoms with Crippen LogP contribution in [0.2, 0.25) is 0 Å². The molecule has 0 saturated heterocycles. The van der Waals surface area contributed by atoms with E-state index in [0.717, 1.165) is 16.7 Å². The van der Waals surface area contributed by atoms with E-state index in [9.17, 15) is 37.5 Å². The normalized spacial score (nSPS) is 13.5. The number of aromatic nitrogens is 3. The first-order valence-corrected chi connectivity index (χ1v) is 17.2. The lowest BCUT2D eigenvalue weighted by Crippen LogP contribution is -2.43. The summed E-state index contributed by atoms with van der Waals surface area (Å²) in [6.45, 7) is 5.69. The van der Waals surface area contributed by atoms with Crippen molar-refractivity contribution in [2.75, 3.05) is 11.3 Å². The summed E-state index contributed by atoms with van der Waals surface area (Å²) in [6.07, 6.45) is 1.22. The second-order valence-electron chi connectivity index (χ2n) is 12.9. The molecule has 0 unspecified atom stereocenters. The number of sulfonamides is 1. The highest BCUT2D eigenvalue weighted by atomic mass is 32.2. The molecule has 52 heavy (non-hydrogen) atoms. The molecular weight excluding hydrogens is 706 g/mol. The van der Waals surface area contributed by atoms with Crippen molar-refractivity contribution in [3.05, 3.63) is 115 Å². The van der Waals surface area contributed by atoms with Gasteiger partial charge in [0.15, 0.2) is 0 Å². The Hall–Kier alpha value is -5.75. The topological polar surface area (TPSA) is 208 Å². The molecule has 2 aromatic carbocycles. The summed E-state index contributed by atoms with van der Waals surface area (Å²) < 4.78 is 65.4. The molecule has 0 spiro atoms. The number of amides is 2. The fraction of sp³-hybridized carbons (Fsp3) is 0.294. The summed E-state index contributed by atoms with van der Waals surface area (Å²) in [5, 5.41) is 14.6. The van der Waals surface area contributed by atoms with Gasteiger partial charge in [0.1, 0.15) is 23.5 Å². The lowest BCUT2D eigenvalue weighted by molar-refractivity contribution is -0.139.